The van der Waals surface area contributed by atoms with Crippen molar-refractivity contribution in [3.63, 3.8) is 0 Å². The van der Waals surface area contributed by atoms with Gasteiger partial charge in [-0.05, 0) is 148 Å². The molecule has 0 aliphatic carbocycles. The van der Waals surface area contributed by atoms with Crippen LogP contribution in [0, 0.1) is 0 Å². The van der Waals surface area contributed by atoms with Crippen molar-refractivity contribution in [1.82, 2.24) is 0 Å². The molecule has 0 aliphatic heterocycles. The third-order valence-electron chi connectivity index (χ3n) is 12.6. The van der Waals surface area contributed by atoms with E-state index in [2.05, 4.69) is 203 Å². The summed E-state index contributed by atoms with van der Waals surface area (Å²) in [5.74, 6) is -1.08. The third-order valence-corrected chi connectivity index (χ3v) is 12.6. The van der Waals surface area contributed by atoms with Gasteiger partial charge >= 0.3 is 17.9 Å². The zero-order valence-electron chi connectivity index (χ0n) is 51.5. The number of ether oxygens (including phenoxy) is 3. The zero-order valence-corrected chi connectivity index (χ0v) is 51.5. The molecule has 0 aromatic heterocycles. The molecule has 6 nitrogen and oxygen atoms in total. The number of carbonyl (C=O) groups excluding carboxylic acids is 3. The molecule has 450 valence electrons. The lowest BCUT2D eigenvalue weighted by molar-refractivity contribution is -0.166. The molecule has 0 bridgehead atoms. The first-order chi connectivity index (χ1) is 40.0. The van der Waals surface area contributed by atoms with E-state index in [1.165, 1.54) is 51.4 Å². The van der Waals surface area contributed by atoms with Gasteiger partial charge in [0.1, 0.15) is 13.2 Å². The fourth-order valence-corrected chi connectivity index (χ4v) is 7.93. The highest BCUT2D eigenvalue weighted by molar-refractivity contribution is 5.71. The molecule has 0 radical (unpaired) electrons. The summed E-state index contributed by atoms with van der Waals surface area (Å²) in [4.78, 5) is 38.3. The minimum atomic E-state index is -0.848. The first kappa shape index (κ1) is 75.2. The quantitative estimate of drug-likeness (QED) is 0.0261. The maximum Gasteiger partial charge on any atom is 0.306 e. The maximum atomic E-state index is 12.9. The van der Waals surface area contributed by atoms with Crippen molar-refractivity contribution < 1.29 is 28.6 Å². The first-order valence-corrected chi connectivity index (χ1v) is 31.9. The SMILES string of the molecule is CC/C=C\C/C=C\C/C=C\C/C=C\C/C=C\C/C=C\CCCCC(=O)OC(COC(=O)CC/C=C\C/C=C\C/C=C\C/C=C\C/C=C\C/C=C\CC)COC(=O)CCCCCCCCCCCC/C=C\C/C=C\C/C=C\C/C=C\CC. The number of carbonyl (C=O) groups is 3. The lowest BCUT2D eigenvalue weighted by Gasteiger charge is -2.18. The second-order valence-corrected chi connectivity index (χ2v) is 20.2. The third kappa shape index (κ3) is 64.9. The van der Waals surface area contributed by atoms with Crippen molar-refractivity contribution in [2.45, 2.75) is 245 Å². The van der Waals surface area contributed by atoms with Crippen LogP contribution in [0.15, 0.2) is 194 Å². The molecule has 1 unspecified atom stereocenters. The van der Waals surface area contributed by atoms with Crippen LogP contribution in [0.2, 0.25) is 0 Å². The minimum absolute atomic E-state index is 0.132. The minimum Gasteiger partial charge on any atom is -0.462 e. The number of esters is 3. The number of allylic oxidation sites excluding steroid dienone is 32. The van der Waals surface area contributed by atoms with Crippen LogP contribution in [0.5, 0.6) is 0 Å². The lowest BCUT2D eigenvalue weighted by Crippen LogP contribution is -2.30. The van der Waals surface area contributed by atoms with Gasteiger partial charge in [-0.2, -0.15) is 0 Å². The molecule has 81 heavy (non-hydrogen) atoms. The molecule has 1 atom stereocenters. The zero-order chi connectivity index (χ0) is 58.5. The molecular formula is C75H114O6. The summed E-state index contributed by atoms with van der Waals surface area (Å²) in [6.45, 7) is 6.18. The topological polar surface area (TPSA) is 78.9 Å². The first-order valence-electron chi connectivity index (χ1n) is 31.9. The predicted octanol–water partition coefficient (Wildman–Crippen LogP) is 22.2. The Morgan fingerprint density at radius 2 is 0.469 bits per heavy atom. The van der Waals surface area contributed by atoms with E-state index in [0.717, 1.165) is 135 Å². The molecule has 0 heterocycles. The average molecular weight is 1110 g/mol. The highest BCUT2D eigenvalue weighted by Gasteiger charge is 2.19. The van der Waals surface area contributed by atoms with Crippen molar-refractivity contribution in [2.75, 3.05) is 13.2 Å². The summed E-state index contributed by atoms with van der Waals surface area (Å²) in [6, 6.07) is 0. The van der Waals surface area contributed by atoms with E-state index in [-0.39, 0.29) is 44.0 Å². The van der Waals surface area contributed by atoms with Gasteiger partial charge in [-0.25, -0.2) is 0 Å². The van der Waals surface area contributed by atoms with Gasteiger partial charge in [0.05, 0.1) is 0 Å². The Labute approximate surface area is 497 Å². The Bertz CT molecular complexity index is 1950. The summed E-state index contributed by atoms with van der Waals surface area (Å²) < 4.78 is 16.8. The van der Waals surface area contributed by atoms with Gasteiger partial charge in [-0.15, -0.1) is 0 Å². The molecule has 0 amide bonds. The molecule has 0 fully saturated rings. The Balaban J connectivity index is 4.60. The normalized spacial score (nSPS) is 13.5. The molecule has 0 aromatic rings. The van der Waals surface area contributed by atoms with Crippen LogP contribution in [0.4, 0.5) is 0 Å². The van der Waals surface area contributed by atoms with E-state index in [1.807, 2.05) is 12.2 Å². The second kappa shape index (κ2) is 66.8. The number of hydrogen-bond acceptors (Lipinski definition) is 6. The van der Waals surface area contributed by atoms with E-state index in [1.54, 1.807) is 0 Å². The van der Waals surface area contributed by atoms with Crippen molar-refractivity contribution in [3.05, 3.63) is 194 Å². The molecule has 0 saturated carbocycles. The summed E-state index contributed by atoms with van der Waals surface area (Å²) >= 11 is 0. The molecule has 6 heteroatoms. The van der Waals surface area contributed by atoms with E-state index < -0.39 is 6.10 Å². The molecule has 0 aromatic carbocycles. The average Bonchev–Trinajstić information content (AvgIpc) is 3.47. The summed E-state index contributed by atoms with van der Waals surface area (Å²) in [7, 11) is 0. The van der Waals surface area contributed by atoms with Crippen LogP contribution in [0.3, 0.4) is 0 Å². The van der Waals surface area contributed by atoms with Crippen molar-refractivity contribution in [1.29, 1.82) is 0 Å². The van der Waals surface area contributed by atoms with Gasteiger partial charge in [-0.1, -0.05) is 267 Å². The number of unbranched alkanes of at least 4 members (excludes halogenated alkanes) is 12. The van der Waals surface area contributed by atoms with Crippen LogP contribution < -0.4 is 0 Å². The fourth-order valence-electron chi connectivity index (χ4n) is 7.93. The molecule has 0 spiro atoms. The lowest BCUT2D eigenvalue weighted by atomic mass is 10.1. The van der Waals surface area contributed by atoms with Gasteiger partial charge in [0.15, 0.2) is 6.10 Å². The molecule has 0 saturated heterocycles. The number of hydrogen-bond donors (Lipinski definition) is 0. The summed E-state index contributed by atoms with van der Waals surface area (Å²) in [5, 5.41) is 0. The number of rotatable bonds is 55. The van der Waals surface area contributed by atoms with Gasteiger partial charge < -0.3 is 14.2 Å². The van der Waals surface area contributed by atoms with Crippen LogP contribution in [0.1, 0.15) is 239 Å². The monoisotopic (exact) mass is 1110 g/mol. The van der Waals surface area contributed by atoms with E-state index in [9.17, 15) is 14.4 Å². The second-order valence-electron chi connectivity index (χ2n) is 20.2. The highest BCUT2D eigenvalue weighted by Crippen LogP contribution is 2.14. The van der Waals surface area contributed by atoms with Gasteiger partial charge in [-0.3, -0.25) is 14.4 Å². The van der Waals surface area contributed by atoms with Crippen LogP contribution >= 0.6 is 0 Å². The molecular weight excluding hydrogens is 997 g/mol. The predicted molar refractivity (Wildman–Crippen MR) is 352 cm³/mol. The van der Waals surface area contributed by atoms with Gasteiger partial charge in [0, 0.05) is 19.3 Å². The van der Waals surface area contributed by atoms with E-state index >= 15 is 0 Å². The summed E-state index contributed by atoms with van der Waals surface area (Å²) in [6.07, 6.45) is 102. The Kier molecular flexibility index (Phi) is 62.0. The largest absolute Gasteiger partial charge is 0.462 e. The standard InChI is InChI=1S/C75H114O6/c1-4-7-10-13-16-19-22-25-28-31-34-36-37-39-41-44-47-50-53-56-59-62-65-68-74(77)80-71-72(70-79-73(76)67-64-61-58-55-52-49-46-43-40-33-30-27-24-21-18-15-12-9-6-3)81-75(78)69-66-63-60-57-54-51-48-45-42-38-35-32-29-26-23-20-17-14-11-8-5-2/h7-12,16-21,25-30,34-36,38,40,43,45,48-49,52,54,57-58,61,72H,4-6,13-15,22-24,31-33,37,39,41-42,44,46-47,50-51,53,55-56,59-60,62-71H2,1-3H3/b10-7-,11-8-,12-9-,19-16-,20-17-,21-18-,28-25-,29-26-,30-27-,36-34-,38-35-,43-40-,48-45-,52-49-,57-54-,61-58-. The molecule has 0 aliphatic rings. The molecule has 0 rings (SSSR count). The van der Waals surface area contributed by atoms with Crippen LogP contribution in [-0.4, -0.2) is 37.2 Å². The van der Waals surface area contributed by atoms with Crippen LogP contribution in [0.25, 0.3) is 0 Å². The van der Waals surface area contributed by atoms with Crippen LogP contribution in [-0.2, 0) is 28.6 Å². The highest BCUT2D eigenvalue weighted by atomic mass is 16.6. The Morgan fingerprint density at radius 1 is 0.247 bits per heavy atom. The van der Waals surface area contributed by atoms with E-state index in [0.29, 0.717) is 19.3 Å². The Hall–Kier alpha value is -5.75. The van der Waals surface area contributed by atoms with Gasteiger partial charge in [0.25, 0.3) is 0 Å². The van der Waals surface area contributed by atoms with E-state index in [4.69, 9.17) is 14.2 Å². The Morgan fingerprint density at radius 3 is 0.790 bits per heavy atom. The van der Waals surface area contributed by atoms with Gasteiger partial charge in [0.2, 0.25) is 0 Å². The summed E-state index contributed by atoms with van der Waals surface area (Å²) in [5.41, 5.74) is 0. The maximum absolute atomic E-state index is 12.9. The molecule has 0 N–H and O–H groups in total. The van der Waals surface area contributed by atoms with Crippen molar-refractivity contribution in [3.8, 4) is 0 Å². The van der Waals surface area contributed by atoms with Crippen molar-refractivity contribution in [2.24, 2.45) is 0 Å². The smallest absolute Gasteiger partial charge is 0.306 e. The van der Waals surface area contributed by atoms with Crippen molar-refractivity contribution >= 4 is 17.9 Å². The fraction of sp³-hybridized carbons (Fsp3) is 0.533.